The highest BCUT2D eigenvalue weighted by atomic mass is 16.4. The molecule has 0 aromatic heterocycles. The minimum absolute atomic E-state index is 0.0740. The van der Waals surface area contributed by atoms with Gasteiger partial charge in [-0.05, 0) is 44.5 Å². The van der Waals surface area contributed by atoms with Crippen LogP contribution in [0, 0.1) is 12.3 Å². The smallest absolute Gasteiger partial charge is 0.310 e. The van der Waals surface area contributed by atoms with Gasteiger partial charge in [-0.2, -0.15) is 0 Å². The van der Waals surface area contributed by atoms with Crippen LogP contribution in [0.4, 0.5) is 5.69 Å². The van der Waals surface area contributed by atoms with Crippen LogP contribution in [0.25, 0.3) is 0 Å². The number of benzene rings is 1. The van der Waals surface area contributed by atoms with Gasteiger partial charge in [0.15, 0.2) is 0 Å². The normalized spacial score (nSPS) is 11.1. The molecular formula is C13H18N2O3. The van der Waals surface area contributed by atoms with Gasteiger partial charge in [-0.25, -0.2) is 0 Å². The lowest BCUT2D eigenvalue weighted by Crippen LogP contribution is -2.38. The summed E-state index contributed by atoms with van der Waals surface area (Å²) < 4.78 is 0. The highest BCUT2D eigenvalue weighted by Gasteiger charge is 2.27. The van der Waals surface area contributed by atoms with Crippen LogP contribution in [-0.2, 0) is 4.79 Å². The van der Waals surface area contributed by atoms with Crippen molar-refractivity contribution in [3.63, 3.8) is 0 Å². The van der Waals surface area contributed by atoms with E-state index in [4.69, 9.17) is 10.8 Å². The first-order valence-electron chi connectivity index (χ1n) is 5.62. The van der Waals surface area contributed by atoms with Crippen molar-refractivity contribution in [1.82, 2.24) is 5.32 Å². The van der Waals surface area contributed by atoms with Crippen molar-refractivity contribution >= 4 is 17.6 Å². The molecule has 0 fully saturated rings. The molecule has 0 saturated heterocycles. The monoisotopic (exact) mass is 250 g/mol. The number of carboxylic acids is 1. The maximum absolute atomic E-state index is 11.8. The largest absolute Gasteiger partial charge is 0.481 e. The third-order valence-electron chi connectivity index (χ3n) is 2.80. The Bertz CT molecular complexity index is 481. The van der Waals surface area contributed by atoms with Gasteiger partial charge in [0.25, 0.3) is 5.91 Å². The number of aryl methyl sites for hydroxylation is 1. The average Bonchev–Trinajstić information content (AvgIpc) is 2.29. The van der Waals surface area contributed by atoms with Crippen molar-refractivity contribution < 1.29 is 14.7 Å². The third-order valence-corrected chi connectivity index (χ3v) is 2.80. The molecule has 1 aromatic carbocycles. The summed E-state index contributed by atoms with van der Waals surface area (Å²) in [6.45, 7) is 5.01. The minimum Gasteiger partial charge on any atom is -0.481 e. The molecule has 0 aliphatic carbocycles. The zero-order valence-corrected chi connectivity index (χ0v) is 10.8. The third kappa shape index (κ3) is 3.23. The van der Waals surface area contributed by atoms with Crippen LogP contribution < -0.4 is 11.1 Å². The second-order valence-electron chi connectivity index (χ2n) is 4.94. The fourth-order valence-corrected chi connectivity index (χ4v) is 1.30. The number of carboxylic acid groups (broad SMARTS) is 1. The molecule has 5 nitrogen and oxygen atoms in total. The first-order chi connectivity index (χ1) is 8.24. The summed E-state index contributed by atoms with van der Waals surface area (Å²) in [5, 5.41) is 11.5. The predicted octanol–water partition coefficient (Wildman–Crippen LogP) is 1.42. The number of anilines is 1. The van der Waals surface area contributed by atoms with Crippen LogP contribution in [0.15, 0.2) is 18.2 Å². The fraction of sp³-hybridized carbons (Fsp3) is 0.385. The van der Waals surface area contributed by atoms with Crippen molar-refractivity contribution in [2.75, 3.05) is 12.3 Å². The van der Waals surface area contributed by atoms with Gasteiger partial charge in [0.05, 0.1) is 5.41 Å². The van der Waals surface area contributed by atoms with E-state index in [1.54, 1.807) is 32.0 Å². The lowest BCUT2D eigenvalue weighted by Gasteiger charge is -2.19. The standard InChI is InChI=1S/C13H18N2O3/c1-8-6-9(4-5-10(8)14)11(16)15-7-13(2,3)12(17)18/h4-6H,7,14H2,1-3H3,(H,15,16)(H,17,18). The van der Waals surface area contributed by atoms with Gasteiger partial charge in [0, 0.05) is 17.8 Å². The highest BCUT2D eigenvalue weighted by Crippen LogP contribution is 2.15. The molecule has 0 aliphatic heterocycles. The number of hydrogen-bond donors (Lipinski definition) is 3. The lowest BCUT2D eigenvalue weighted by atomic mass is 9.94. The number of nitrogen functional groups attached to an aromatic ring is 1. The highest BCUT2D eigenvalue weighted by molar-refractivity contribution is 5.95. The molecule has 0 unspecified atom stereocenters. The SMILES string of the molecule is Cc1cc(C(=O)NCC(C)(C)C(=O)O)ccc1N. The van der Waals surface area contributed by atoms with Gasteiger partial charge in [-0.15, -0.1) is 0 Å². The average molecular weight is 250 g/mol. The zero-order valence-electron chi connectivity index (χ0n) is 10.8. The van der Waals surface area contributed by atoms with Gasteiger partial charge in [0.2, 0.25) is 0 Å². The van der Waals surface area contributed by atoms with E-state index in [1.165, 1.54) is 0 Å². The van der Waals surface area contributed by atoms with Crippen molar-refractivity contribution in [2.45, 2.75) is 20.8 Å². The molecule has 0 bridgehead atoms. The van der Waals surface area contributed by atoms with E-state index in [2.05, 4.69) is 5.32 Å². The van der Waals surface area contributed by atoms with Crippen LogP contribution in [0.2, 0.25) is 0 Å². The van der Waals surface area contributed by atoms with Crippen LogP contribution in [0.3, 0.4) is 0 Å². The van der Waals surface area contributed by atoms with E-state index in [0.717, 1.165) is 5.56 Å². The number of carbonyl (C=O) groups excluding carboxylic acids is 1. The maximum atomic E-state index is 11.8. The predicted molar refractivity (Wildman–Crippen MR) is 69.3 cm³/mol. The summed E-state index contributed by atoms with van der Waals surface area (Å²) in [6, 6.07) is 4.95. The molecule has 1 aromatic rings. The topological polar surface area (TPSA) is 92.4 Å². The molecule has 18 heavy (non-hydrogen) atoms. The number of carbonyl (C=O) groups is 2. The van der Waals surface area contributed by atoms with E-state index in [-0.39, 0.29) is 12.5 Å². The Morgan fingerprint density at radius 3 is 2.50 bits per heavy atom. The molecule has 1 amide bonds. The molecule has 0 saturated carbocycles. The van der Waals surface area contributed by atoms with Crippen LogP contribution >= 0.6 is 0 Å². The van der Waals surface area contributed by atoms with Crippen LogP contribution in [0.5, 0.6) is 0 Å². The molecule has 0 aliphatic rings. The molecule has 0 heterocycles. The lowest BCUT2D eigenvalue weighted by molar-refractivity contribution is -0.146. The zero-order chi connectivity index (χ0) is 13.9. The fourth-order valence-electron chi connectivity index (χ4n) is 1.30. The molecule has 5 heteroatoms. The van der Waals surface area contributed by atoms with E-state index in [9.17, 15) is 9.59 Å². The number of amides is 1. The molecule has 1 rings (SSSR count). The number of rotatable bonds is 4. The maximum Gasteiger partial charge on any atom is 0.310 e. The van der Waals surface area contributed by atoms with Crippen molar-refractivity contribution in [3.05, 3.63) is 29.3 Å². The first-order valence-corrected chi connectivity index (χ1v) is 5.62. The Labute approximate surface area is 106 Å². The summed E-state index contributed by atoms with van der Waals surface area (Å²) in [4.78, 5) is 22.7. The molecule has 0 atom stereocenters. The van der Waals surface area contributed by atoms with E-state index in [0.29, 0.717) is 11.3 Å². The number of aliphatic carboxylic acids is 1. The van der Waals surface area contributed by atoms with Gasteiger partial charge in [0.1, 0.15) is 0 Å². The number of hydrogen-bond acceptors (Lipinski definition) is 3. The molecular weight excluding hydrogens is 232 g/mol. The van der Waals surface area contributed by atoms with Gasteiger partial charge < -0.3 is 16.2 Å². The van der Waals surface area contributed by atoms with E-state index in [1.807, 2.05) is 6.92 Å². The Kier molecular flexibility index (Phi) is 3.96. The summed E-state index contributed by atoms with van der Waals surface area (Å²) >= 11 is 0. The second kappa shape index (κ2) is 5.08. The Hall–Kier alpha value is -2.04. The van der Waals surface area contributed by atoms with Crippen molar-refractivity contribution in [3.8, 4) is 0 Å². The number of nitrogens with one attached hydrogen (secondary N) is 1. The molecule has 98 valence electrons. The van der Waals surface area contributed by atoms with Crippen LogP contribution in [-0.4, -0.2) is 23.5 Å². The molecule has 4 N–H and O–H groups in total. The second-order valence-corrected chi connectivity index (χ2v) is 4.94. The number of nitrogens with two attached hydrogens (primary N) is 1. The van der Waals surface area contributed by atoms with E-state index < -0.39 is 11.4 Å². The van der Waals surface area contributed by atoms with Crippen molar-refractivity contribution in [1.29, 1.82) is 0 Å². The van der Waals surface area contributed by atoms with Gasteiger partial charge in [-0.3, -0.25) is 9.59 Å². The Balaban J connectivity index is 2.72. The van der Waals surface area contributed by atoms with Gasteiger partial charge in [-0.1, -0.05) is 0 Å². The van der Waals surface area contributed by atoms with Crippen LogP contribution in [0.1, 0.15) is 29.8 Å². The van der Waals surface area contributed by atoms with Crippen molar-refractivity contribution in [2.24, 2.45) is 5.41 Å². The molecule has 0 spiro atoms. The quantitative estimate of drug-likeness (QED) is 0.704. The summed E-state index contributed by atoms with van der Waals surface area (Å²) in [5.74, 6) is -1.25. The summed E-state index contributed by atoms with van der Waals surface area (Å²) in [7, 11) is 0. The Morgan fingerprint density at radius 2 is 2.00 bits per heavy atom. The van der Waals surface area contributed by atoms with Gasteiger partial charge >= 0.3 is 5.97 Å². The first kappa shape index (κ1) is 14.0. The molecule has 0 radical (unpaired) electrons. The summed E-state index contributed by atoms with van der Waals surface area (Å²) in [5.41, 5.74) is 6.59. The summed E-state index contributed by atoms with van der Waals surface area (Å²) in [6.07, 6.45) is 0. The minimum atomic E-state index is -0.988. The Morgan fingerprint density at radius 1 is 1.39 bits per heavy atom. The van der Waals surface area contributed by atoms with E-state index >= 15 is 0 Å².